The average molecular weight is 341 g/mol. The predicted octanol–water partition coefficient (Wildman–Crippen LogP) is 2.61. The summed E-state index contributed by atoms with van der Waals surface area (Å²) in [6.45, 7) is 1.61. The molecule has 1 aliphatic carbocycles. The zero-order chi connectivity index (χ0) is 16.9. The Labute approximate surface area is 146 Å². The molecular formula is C18H23N5O2. The molecule has 1 N–H and O–H groups in total. The van der Waals surface area contributed by atoms with E-state index >= 15 is 0 Å². The molecule has 132 valence electrons. The predicted molar refractivity (Wildman–Crippen MR) is 94.8 cm³/mol. The molecule has 1 saturated heterocycles. The Bertz CT molecular complexity index is 833. The van der Waals surface area contributed by atoms with E-state index in [0.29, 0.717) is 6.04 Å². The quantitative estimate of drug-likeness (QED) is 0.929. The van der Waals surface area contributed by atoms with Gasteiger partial charge in [-0.15, -0.1) is 0 Å². The third kappa shape index (κ3) is 2.49. The van der Waals surface area contributed by atoms with E-state index in [-0.39, 0.29) is 5.60 Å². The van der Waals surface area contributed by atoms with Crippen LogP contribution in [-0.2, 0) is 16.6 Å². The summed E-state index contributed by atoms with van der Waals surface area (Å²) in [4.78, 5) is 10.4. The van der Waals surface area contributed by atoms with Gasteiger partial charge in [-0.25, -0.2) is 4.98 Å². The Morgan fingerprint density at radius 3 is 2.80 bits per heavy atom. The number of nitrogens with one attached hydrogen (secondary N) is 1. The third-order valence-corrected chi connectivity index (χ3v) is 5.75. The monoisotopic (exact) mass is 341 g/mol. The van der Waals surface area contributed by atoms with Gasteiger partial charge in [-0.3, -0.25) is 4.68 Å². The van der Waals surface area contributed by atoms with Crippen LogP contribution in [0, 0.1) is 0 Å². The molecule has 25 heavy (non-hydrogen) atoms. The van der Waals surface area contributed by atoms with Crippen LogP contribution in [0.25, 0.3) is 11.0 Å². The van der Waals surface area contributed by atoms with Crippen LogP contribution < -0.4 is 5.32 Å². The summed E-state index contributed by atoms with van der Waals surface area (Å²) >= 11 is 0. The molecule has 2 fully saturated rings. The Kier molecular flexibility index (Phi) is 3.45. The summed E-state index contributed by atoms with van der Waals surface area (Å²) in [7, 11) is 1.92. The lowest BCUT2D eigenvalue weighted by Crippen LogP contribution is -2.37. The van der Waals surface area contributed by atoms with Crippen LogP contribution in [0.15, 0.2) is 17.5 Å². The highest BCUT2D eigenvalue weighted by Crippen LogP contribution is 2.44. The maximum absolute atomic E-state index is 5.80. The number of fused-ring (bicyclic) bond motifs is 1. The molecule has 2 aliphatic heterocycles. The van der Waals surface area contributed by atoms with Crippen molar-refractivity contribution in [3.63, 3.8) is 0 Å². The number of nitrogens with zero attached hydrogens (tertiary/aromatic N) is 4. The average Bonchev–Trinajstić information content (AvgIpc) is 3.21. The highest BCUT2D eigenvalue weighted by Gasteiger charge is 2.45. The SMILES string of the molecule is Cn1ncc2c(NC3CCOCC3)c(C3=NOC4(CCC4)C3)cnc21. The van der Waals surface area contributed by atoms with E-state index in [1.54, 1.807) is 0 Å². The van der Waals surface area contributed by atoms with Gasteiger partial charge in [0.25, 0.3) is 0 Å². The summed E-state index contributed by atoms with van der Waals surface area (Å²) in [6.07, 6.45) is 10.1. The topological polar surface area (TPSA) is 73.6 Å². The Morgan fingerprint density at radius 2 is 2.08 bits per heavy atom. The molecule has 0 amide bonds. The maximum Gasteiger partial charge on any atom is 0.159 e. The van der Waals surface area contributed by atoms with Gasteiger partial charge in [-0.2, -0.15) is 5.10 Å². The summed E-state index contributed by atoms with van der Waals surface area (Å²) < 4.78 is 7.31. The highest BCUT2D eigenvalue weighted by atomic mass is 16.7. The number of aromatic nitrogens is 3. The molecule has 0 bridgehead atoms. The first-order valence-corrected chi connectivity index (χ1v) is 9.15. The number of ether oxygens (including phenoxy) is 1. The first kappa shape index (κ1) is 15.1. The summed E-state index contributed by atoms with van der Waals surface area (Å²) in [5, 5.41) is 13.6. The van der Waals surface area contributed by atoms with E-state index in [4.69, 9.17) is 9.57 Å². The minimum atomic E-state index is -0.0465. The van der Waals surface area contributed by atoms with Gasteiger partial charge in [0.1, 0.15) is 5.60 Å². The molecule has 7 heteroatoms. The van der Waals surface area contributed by atoms with Crippen LogP contribution in [0.5, 0.6) is 0 Å². The molecule has 0 radical (unpaired) electrons. The second kappa shape index (κ2) is 5.69. The molecule has 1 spiro atoms. The van der Waals surface area contributed by atoms with Crippen molar-refractivity contribution in [1.82, 2.24) is 14.8 Å². The molecule has 0 aromatic carbocycles. The van der Waals surface area contributed by atoms with E-state index < -0.39 is 0 Å². The zero-order valence-electron chi connectivity index (χ0n) is 14.5. The van der Waals surface area contributed by atoms with Crippen molar-refractivity contribution in [3.8, 4) is 0 Å². The lowest BCUT2D eigenvalue weighted by atomic mass is 9.76. The summed E-state index contributed by atoms with van der Waals surface area (Å²) in [5.74, 6) is 0. The molecular weight excluding hydrogens is 318 g/mol. The second-order valence-corrected chi connectivity index (χ2v) is 7.43. The molecule has 1 saturated carbocycles. The van der Waals surface area contributed by atoms with Gasteiger partial charge < -0.3 is 14.9 Å². The standard InChI is InChI=1S/C18H23N5O2/c1-23-17-14(11-20-23)16(21-12-3-7-24-8-4-12)13(10-19-17)15-9-18(25-22-15)5-2-6-18/h10-12H,2-9H2,1H3,(H,19,21). The Balaban J connectivity index is 1.54. The van der Waals surface area contributed by atoms with Crippen molar-refractivity contribution in [1.29, 1.82) is 0 Å². The normalized spacial score (nSPS) is 22.7. The van der Waals surface area contributed by atoms with Crippen molar-refractivity contribution < 1.29 is 9.57 Å². The van der Waals surface area contributed by atoms with Gasteiger partial charge in [0, 0.05) is 44.5 Å². The molecule has 5 rings (SSSR count). The molecule has 2 aromatic heterocycles. The van der Waals surface area contributed by atoms with Crippen molar-refractivity contribution >= 4 is 22.4 Å². The number of rotatable bonds is 3. The van der Waals surface area contributed by atoms with E-state index in [9.17, 15) is 0 Å². The molecule has 4 heterocycles. The van der Waals surface area contributed by atoms with E-state index in [1.165, 1.54) is 6.42 Å². The van der Waals surface area contributed by atoms with Gasteiger partial charge in [0.2, 0.25) is 0 Å². The second-order valence-electron chi connectivity index (χ2n) is 7.43. The number of anilines is 1. The van der Waals surface area contributed by atoms with Crippen LogP contribution >= 0.6 is 0 Å². The molecule has 2 aromatic rings. The number of pyridine rings is 1. The largest absolute Gasteiger partial charge is 0.389 e. The lowest BCUT2D eigenvalue weighted by molar-refractivity contribution is -0.0755. The number of hydrogen-bond acceptors (Lipinski definition) is 6. The summed E-state index contributed by atoms with van der Waals surface area (Å²) in [6, 6.07) is 0.402. The van der Waals surface area contributed by atoms with Crippen LogP contribution in [0.3, 0.4) is 0 Å². The Morgan fingerprint density at radius 1 is 1.24 bits per heavy atom. The number of hydrogen-bond donors (Lipinski definition) is 1. The van der Waals surface area contributed by atoms with Gasteiger partial charge in [-0.05, 0) is 32.1 Å². The van der Waals surface area contributed by atoms with Crippen LogP contribution in [0.1, 0.15) is 44.1 Å². The molecule has 0 unspecified atom stereocenters. The van der Waals surface area contributed by atoms with Crippen molar-refractivity contribution in [3.05, 3.63) is 18.0 Å². The summed E-state index contributed by atoms with van der Waals surface area (Å²) in [5.41, 5.74) is 3.98. The van der Waals surface area contributed by atoms with Gasteiger partial charge in [0.05, 0.1) is 23.0 Å². The smallest absolute Gasteiger partial charge is 0.159 e. The van der Waals surface area contributed by atoms with Crippen LogP contribution in [0.4, 0.5) is 5.69 Å². The Hall–Kier alpha value is -2.15. The fourth-order valence-corrected chi connectivity index (χ4v) is 4.02. The maximum atomic E-state index is 5.80. The van der Waals surface area contributed by atoms with Gasteiger partial charge in [-0.1, -0.05) is 5.16 Å². The van der Waals surface area contributed by atoms with Crippen molar-refractivity contribution in [2.45, 2.75) is 50.2 Å². The molecule has 7 nitrogen and oxygen atoms in total. The van der Waals surface area contributed by atoms with E-state index in [0.717, 1.165) is 73.3 Å². The van der Waals surface area contributed by atoms with Crippen molar-refractivity contribution in [2.24, 2.45) is 12.2 Å². The number of oxime groups is 1. The first-order valence-electron chi connectivity index (χ1n) is 9.15. The number of aryl methyl sites for hydroxylation is 1. The fraction of sp³-hybridized carbons (Fsp3) is 0.611. The molecule has 3 aliphatic rings. The van der Waals surface area contributed by atoms with E-state index in [1.807, 2.05) is 24.1 Å². The minimum Gasteiger partial charge on any atom is -0.389 e. The third-order valence-electron chi connectivity index (χ3n) is 5.75. The minimum absolute atomic E-state index is 0.0465. The lowest BCUT2D eigenvalue weighted by Gasteiger charge is -2.34. The van der Waals surface area contributed by atoms with Crippen LogP contribution in [0.2, 0.25) is 0 Å². The van der Waals surface area contributed by atoms with Crippen molar-refractivity contribution in [2.75, 3.05) is 18.5 Å². The first-order chi connectivity index (χ1) is 12.2. The zero-order valence-corrected chi connectivity index (χ0v) is 14.5. The van der Waals surface area contributed by atoms with Gasteiger partial charge >= 0.3 is 0 Å². The highest BCUT2D eigenvalue weighted by molar-refractivity contribution is 6.10. The molecule has 0 atom stereocenters. The fourth-order valence-electron chi connectivity index (χ4n) is 4.02. The van der Waals surface area contributed by atoms with Crippen LogP contribution in [-0.4, -0.2) is 45.3 Å². The van der Waals surface area contributed by atoms with Gasteiger partial charge in [0.15, 0.2) is 5.65 Å². The van der Waals surface area contributed by atoms with E-state index in [2.05, 4.69) is 20.6 Å².